The summed E-state index contributed by atoms with van der Waals surface area (Å²) >= 11 is 0. The number of rotatable bonds is 2. The third-order valence-electron chi connectivity index (χ3n) is 10.5. The summed E-state index contributed by atoms with van der Waals surface area (Å²) in [6.45, 7) is 5.51. The third-order valence-corrected chi connectivity index (χ3v) is 10.5. The van der Waals surface area contributed by atoms with Crippen molar-refractivity contribution in [1.82, 2.24) is 9.80 Å². The summed E-state index contributed by atoms with van der Waals surface area (Å²) in [4.78, 5) is 34.3. The second-order valence-electron chi connectivity index (χ2n) is 12.3. The Morgan fingerprint density at radius 2 is 1.59 bits per heavy atom. The molecule has 8 rings (SSSR count). The first kappa shape index (κ1) is 23.5. The Labute approximate surface area is 228 Å². The second kappa shape index (κ2) is 7.63. The number of aliphatic hydroxyl groups is 1. The van der Waals surface area contributed by atoms with Crippen LogP contribution >= 0.6 is 0 Å². The Morgan fingerprint density at radius 1 is 0.897 bits per heavy atom. The van der Waals surface area contributed by atoms with Crippen molar-refractivity contribution in [2.45, 2.75) is 49.9 Å². The predicted octanol–water partition coefficient (Wildman–Crippen LogP) is 4.61. The number of nitrogens with zero attached hydrogens (tertiary/aromatic N) is 2. The van der Waals surface area contributed by atoms with Gasteiger partial charge in [-0.15, -0.1) is 0 Å². The largest absolute Gasteiger partial charge is 0.369 e. The van der Waals surface area contributed by atoms with Crippen molar-refractivity contribution in [3.8, 4) is 0 Å². The van der Waals surface area contributed by atoms with Gasteiger partial charge in [0.05, 0.1) is 5.41 Å². The average Bonchev–Trinajstić information content (AvgIpc) is 3.60. The van der Waals surface area contributed by atoms with Crippen LogP contribution in [0.4, 0.5) is 0 Å². The van der Waals surface area contributed by atoms with Gasteiger partial charge < -0.3 is 5.11 Å². The molecule has 0 radical (unpaired) electrons. The summed E-state index contributed by atoms with van der Waals surface area (Å²) in [6, 6.07) is 24.2. The molecule has 6 atom stereocenters. The average molecular weight is 517 g/mol. The van der Waals surface area contributed by atoms with Gasteiger partial charge in [0, 0.05) is 41.7 Å². The zero-order chi connectivity index (χ0) is 26.7. The highest BCUT2D eigenvalue weighted by Gasteiger charge is 2.89. The predicted molar refractivity (Wildman–Crippen MR) is 149 cm³/mol. The fourth-order valence-corrected chi connectivity index (χ4v) is 9.14. The van der Waals surface area contributed by atoms with E-state index < -0.39 is 16.7 Å². The van der Waals surface area contributed by atoms with Crippen LogP contribution in [0.25, 0.3) is 6.08 Å². The van der Waals surface area contributed by atoms with Crippen LogP contribution in [0.1, 0.15) is 56.9 Å². The van der Waals surface area contributed by atoms with Crippen LogP contribution in [0, 0.1) is 19.3 Å². The molecule has 39 heavy (non-hydrogen) atoms. The summed E-state index contributed by atoms with van der Waals surface area (Å²) in [7, 11) is 0. The van der Waals surface area contributed by atoms with Gasteiger partial charge in [0.1, 0.15) is 5.54 Å². The van der Waals surface area contributed by atoms with E-state index in [4.69, 9.17) is 0 Å². The fourth-order valence-electron chi connectivity index (χ4n) is 9.14. The zero-order valence-corrected chi connectivity index (χ0v) is 22.4. The van der Waals surface area contributed by atoms with Gasteiger partial charge in [0.25, 0.3) is 0 Å². The summed E-state index contributed by atoms with van der Waals surface area (Å²) in [5.74, 6) is -0.254. The minimum atomic E-state index is -1.57. The number of aryl methyl sites for hydroxylation is 2. The molecule has 1 aliphatic carbocycles. The number of Topliss-reactive ketones (excluding diaryl/α,β-unsaturated/α-hetero) is 2. The van der Waals surface area contributed by atoms with Crippen molar-refractivity contribution in [2.75, 3.05) is 19.6 Å². The molecule has 3 aromatic carbocycles. The van der Waals surface area contributed by atoms with Crippen LogP contribution in [0.3, 0.4) is 0 Å². The van der Waals surface area contributed by atoms with Gasteiger partial charge in [-0.1, -0.05) is 83.9 Å². The molecule has 5 nitrogen and oxygen atoms in total. The molecule has 3 aromatic rings. The molecule has 2 spiro atoms. The molecule has 0 amide bonds. The van der Waals surface area contributed by atoms with Gasteiger partial charge in [0.15, 0.2) is 17.3 Å². The highest BCUT2D eigenvalue weighted by atomic mass is 16.3. The van der Waals surface area contributed by atoms with Gasteiger partial charge in [-0.2, -0.15) is 0 Å². The minimum Gasteiger partial charge on any atom is -0.369 e. The molecule has 4 heterocycles. The molecule has 4 saturated heterocycles. The Hall–Kier alpha value is -3.38. The maximum absolute atomic E-state index is 15.1. The van der Waals surface area contributed by atoms with Crippen LogP contribution < -0.4 is 0 Å². The van der Waals surface area contributed by atoms with E-state index in [2.05, 4.69) is 55.1 Å². The molecule has 5 unspecified atom stereocenters. The van der Waals surface area contributed by atoms with E-state index in [1.807, 2.05) is 47.4 Å². The quantitative estimate of drug-likeness (QED) is 0.504. The second-order valence-corrected chi connectivity index (χ2v) is 12.3. The molecule has 196 valence electrons. The van der Waals surface area contributed by atoms with Crippen LogP contribution in [-0.2, 0) is 10.5 Å². The Kier molecular flexibility index (Phi) is 4.60. The lowest BCUT2D eigenvalue weighted by atomic mass is 9.57. The molecule has 0 saturated carbocycles. The molecule has 1 N–H and O–H groups in total. The molecule has 5 aliphatic rings. The molecular formula is C34H32N2O3. The van der Waals surface area contributed by atoms with Crippen molar-refractivity contribution in [3.05, 3.63) is 112 Å². The minimum absolute atomic E-state index is 0.0160. The normalized spacial score (nSPS) is 37.2. The molecular weight excluding hydrogens is 484 g/mol. The van der Waals surface area contributed by atoms with Crippen molar-refractivity contribution in [1.29, 1.82) is 0 Å². The molecule has 4 aliphatic heterocycles. The summed E-state index contributed by atoms with van der Waals surface area (Å²) in [5, 5.41) is 13.1. The summed E-state index contributed by atoms with van der Waals surface area (Å²) in [6.07, 6.45) is 3.84. The lowest BCUT2D eigenvalue weighted by Crippen LogP contribution is -2.67. The van der Waals surface area contributed by atoms with E-state index in [1.165, 1.54) is 0 Å². The molecule has 0 aromatic heterocycles. The van der Waals surface area contributed by atoms with Crippen molar-refractivity contribution in [2.24, 2.45) is 5.41 Å². The van der Waals surface area contributed by atoms with Gasteiger partial charge in [-0.05, 0) is 50.4 Å². The monoisotopic (exact) mass is 516 g/mol. The molecule has 5 heteroatoms. The van der Waals surface area contributed by atoms with Gasteiger partial charge in [0.2, 0.25) is 0 Å². The topological polar surface area (TPSA) is 60.9 Å². The van der Waals surface area contributed by atoms with E-state index in [-0.39, 0.29) is 23.5 Å². The number of benzene rings is 3. The number of piperidine rings is 1. The van der Waals surface area contributed by atoms with Crippen molar-refractivity contribution >= 4 is 17.6 Å². The fraction of sp³-hybridized carbons (Fsp3) is 0.353. The zero-order valence-electron chi connectivity index (χ0n) is 22.4. The van der Waals surface area contributed by atoms with E-state index in [0.29, 0.717) is 36.3 Å². The highest BCUT2D eigenvalue weighted by molar-refractivity contribution is 6.19. The number of ketones is 2. The first-order valence-electron chi connectivity index (χ1n) is 14.1. The number of hydrogen-bond acceptors (Lipinski definition) is 5. The van der Waals surface area contributed by atoms with Crippen LogP contribution in [-0.4, -0.2) is 57.7 Å². The Bertz CT molecular complexity index is 1590. The van der Waals surface area contributed by atoms with Crippen LogP contribution in [0.5, 0.6) is 0 Å². The number of carbonyl (C=O) groups is 2. The smallest absolute Gasteiger partial charge is 0.189 e. The van der Waals surface area contributed by atoms with Gasteiger partial charge >= 0.3 is 0 Å². The number of hydrogen-bond donors (Lipinski definition) is 1. The summed E-state index contributed by atoms with van der Waals surface area (Å²) in [5.41, 5.74) is 2.26. The van der Waals surface area contributed by atoms with Crippen molar-refractivity contribution < 1.29 is 14.7 Å². The Morgan fingerprint density at radius 3 is 2.33 bits per heavy atom. The van der Waals surface area contributed by atoms with Crippen LogP contribution in [0.15, 0.2) is 78.4 Å². The third kappa shape index (κ3) is 2.53. The first-order chi connectivity index (χ1) is 18.8. The maximum Gasteiger partial charge on any atom is 0.189 e. The van der Waals surface area contributed by atoms with Crippen molar-refractivity contribution in [3.63, 3.8) is 0 Å². The van der Waals surface area contributed by atoms with E-state index in [0.717, 1.165) is 35.1 Å². The number of fused-ring (bicyclic) bond motifs is 5. The standard InChI is InChI=1S/C34H32N2O3/c1-21-9-13-23(14-10-21)18-25-19-35-20-32(30(25)37)29(24-15-11-22(2)12-16-24)28-8-5-17-36(28)33(32)31(38)26-6-3-4-7-27(26)34(33,35)39/h3-4,6-7,9-16,18,28-29,39H,5,8,17,19-20H2,1-2H3/b25-18+/t28?,29-,32?,33?,34?/m0/s1. The molecule has 4 fully saturated rings. The SMILES string of the molecule is Cc1ccc(/C=C2\CN3CC4(C2=O)[C@@H](c2ccc(C)cc2)C2CCCN2C42C(=O)c4ccccc4C32O)cc1. The summed E-state index contributed by atoms with van der Waals surface area (Å²) < 4.78 is 0. The van der Waals surface area contributed by atoms with E-state index in [9.17, 15) is 9.90 Å². The Balaban J connectivity index is 1.44. The van der Waals surface area contributed by atoms with E-state index in [1.54, 1.807) is 0 Å². The van der Waals surface area contributed by atoms with Gasteiger partial charge in [-0.3, -0.25) is 19.4 Å². The van der Waals surface area contributed by atoms with Crippen LogP contribution in [0.2, 0.25) is 0 Å². The highest BCUT2D eigenvalue weighted by Crippen LogP contribution is 2.74. The first-order valence-corrected chi connectivity index (χ1v) is 14.1. The lowest BCUT2D eigenvalue weighted by molar-refractivity contribution is -0.149. The maximum atomic E-state index is 15.1. The van der Waals surface area contributed by atoms with E-state index >= 15 is 4.79 Å². The number of carbonyl (C=O) groups excluding carboxylic acids is 2. The molecule has 2 bridgehead atoms. The lowest BCUT2D eigenvalue weighted by Gasteiger charge is -2.45. The van der Waals surface area contributed by atoms with Gasteiger partial charge in [-0.25, -0.2) is 0 Å².